The summed E-state index contributed by atoms with van der Waals surface area (Å²) in [5.41, 5.74) is 8.96. The molecule has 1 unspecified atom stereocenters. The van der Waals surface area contributed by atoms with E-state index in [-0.39, 0.29) is 6.04 Å². The monoisotopic (exact) mass is 290 g/mol. The van der Waals surface area contributed by atoms with Crippen LogP contribution in [0.5, 0.6) is 0 Å². The van der Waals surface area contributed by atoms with Gasteiger partial charge in [0, 0.05) is 0 Å². The highest BCUT2D eigenvalue weighted by Gasteiger charge is 2.23. The number of benzene rings is 1. The second-order valence-electron chi connectivity index (χ2n) is 5.57. The van der Waals surface area contributed by atoms with E-state index in [1.165, 1.54) is 33.8 Å². The van der Waals surface area contributed by atoms with Crippen LogP contribution >= 0.6 is 11.5 Å². The van der Waals surface area contributed by atoms with Gasteiger partial charge in [0.1, 0.15) is 0 Å². The molecule has 4 nitrogen and oxygen atoms in total. The van der Waals surface area contributed by atoms with Crippen molar-refractivity contribution in [3.63, 3.8) is 0 Å². The lowest BCUT2D eigenvalue weighted by molar-refractivity contribution is 0.628. The van der Waals surface area contributed by atoms with Crippen molar-refractivity contribution in [3.05, 3.63) is 45.0 Å². The summed E-state index contributed by atoms with van der Waals surface area (Å²) in [6, 6.07) is 4.36. The second-order valence-corrected chi connectivity index (χ2v) is 6.36. The topological polar surface area (TPSA) is 63.8 Å². The lowest BCUT2D eigenvalue weighted by Crippen LogP contribution is -2.29. The van der Waals surface area contributed by atoms with Gasteiger partial charge >= 0.3 is 0 Å². The number of nitrogens with zero attached hydrogens (tertiary/aromatic N) is 2. The number of aryl methyl sites for hydroxylation is 3. The molecule has 2 aromatic rings. The molecule has 0 bridgehead atoms. The normalized spacial score (nSPS) is 12.9. The Bertz CT molecular complexity index is 604. The van der Waals surface area contributed by atoms with E-state index in [4.69, 9.17) is 5.84 Å². The third kappa shape index (κ3) is 2.75. The third-order valence-corrected chi connectivity index (χ3v) is 4.51. The minimum absolute atomic E-state index is 0.0494. The van der Waals surface area contributed by atoms with Gasteiger partial charge in [-0.3, -0.25) is 5.84 Å². The van der Waals surface area contributed by atoms with Gasteiger partial charge in [-0.25, -0.2) is 5.43 Å². The van der Waals surface area contributed by atoms with Gasteiger partial charge in [-0.1, -0.05) is 30.5 Å². The van der Waals surface area contributed by atoms with E-state index < -0.39 is 0 Å². The molecule has 2 rings (SSSR count). The molecule has 1 atom stereocenters. The van der Waals surface area contributed by atoms with Crippen molar-refractivity contribution in [2.24, 2.45) is 5.84 Å². The second kappa shape index (κ2) is 5.99. The summed E-state index contributed by atoms with van der Waals surface area (Å²) < 4.78 is 4.10. The number of nitrogens with two attached hydrogens (primary N) is 1. The predicted octanol–water partition coefficient (Wildman–Crippen LogP) is 3.14. The van der Waals surface area contributed by atoms with Crippen molar-refractivity contribution < 1.29 is 0 Å². The van der Waals surface area contributed by atoms with Crippen molar-refractivity contribution >= 4 is 11.5 Å². The van der Waals surface area contributed by atoms with Crippen LogP contribution in [0.4, 0.5) is 0 Å². The smallest absolute Gasteiger partial charge is 0.0840 e. The number of hydrogen-bond acceptors (Lipinski definition) is 5. The highest BCUT2D eigenvalue weighted by molar-refractivity contribution is 7.05. The molecular weight excluding hydrogens is 268 g/mol. The minimum Gasteiger partial charge on any atom is -0.271 e. The number of aromatic nitrogens is 2. The van der Waals surface area contributed by atoms with Crippen molar-refractivity contribution in [3.8, 4) is 0 Å². The van der Waals surface area contributed by atoms with E-state index in [1.54, 1.807) is 0 Å². The Hall–Kier alpha value is -1.30. The largest absolute Gasteiger partial charge is 0.271 e. The van der Waals surface area contributed by atoms with E-state index in [9.17, 15) is 0 Å². The van der Waals surface area contributed by atoms with Gasteiger partial charge in [0.2, 0.25) is 0 Å². The van der Waals surface area contributed by atoms with E-state index in [1.807, 2.05) is 0 Å². The van der Waals surface area contributed by atoms with Crippen LogP contribution < -0.4 is 11.3 Å². The molecule has 1 aromatic heterocycles. The Morgan fingerprint density at radius 2 is 1.75 bits per heavy atom. The van der Waals surface area contributed by atoms with E-state index in [0.717, 1.165) is 10.6 Å². The lowest BCUT2D eigenvalue weighted by Gasteiger charge is -2.20. The van der Waals surface area contributed by atoms with Gasteiger partial charge in [0.05, 0.1) is 16.6 Å². The van der Waals surface area contributed by atoms with Gasteiger partial charge in [0.25, 0.3) is 0 Å². The molecule has 0 fully saturated rings. The number of hydrazine groups is 1. The van der Waals surface area contributed by atoms with Crippen LogP contribution in [0, 0.1) is 20.8 Å². The van der Waals surface area contributed by atoms with Crippen LogP contribution in [0.1, 0.15) is 58.6 Å². The molecule has 1 aromatic carbocycles. The van der Waals surface area contributed by atoms with Gasteiger partial charge < -0.3 is 0 Å². The van der Waals surface area contributed by atoms with Crippen LogP contribution in [0.3, 0.4) is 0 Å². The first kappa shape index (κ1) is 15.1. The van der Waals surface area contributed by atoms with E-state index >= 15 is 0 Å². The number of rotatable bonds is 4. The van der Waals surface area contributed by atoms with Crippen LogP contribution in [-0.4, -0.2) is 9.59 Å². The molecule has 0 aliphatic rings. The quantitative estimate of drug-likeness (QED) is 0.670. The lowest BCUT2D eigenvalue weighted by atomic mass is 9.93. The van der Waals surface area contributed by atoms with Crippen molar-refractivity contribution in [2.45, 2.75) is 46.6 Å². The minimum atomic E-state index is -0.0494. The molecule has 0 amide bonds. The molecule has 20 heavy (non-hydrogen) atoms. The Morgan fingerprint density at radius 3 is 2.35 bits per heavy atom. The van der Waals surface area contributed by atoms with Crippen molar-refractivity contribution in [1.29, 1.82) is 0 Å². The Kier molecular flexibility index (Phi) is 4.52. The van der Waals surface area contributed by atoms with E-state index in [0.29, 0.717) is 5.92 Å². The van der Waals surface area contributed by atoms with Gasteiger partial charge in [-0.05, 0) is 60.5 Å². The zero-order valence-electron chi connectivity index (χ0n) is 12.7. The summed E-state index contributed by atoms with van der Waals surface area (Å²) in [5, 5.41) is 4.25. The van der Waals surface area contributed by atoms with Crippen LogP contribution in [0.15, 0.2) is 12.1 Å². The maximum atomic E-state index is 5.82. The molecule has 0 spiro atoms. The van der Waals surface area contributed by atoms with Crippen LogP contribution in [-0.2, 0) is 0 Å². The Morgan fingerprint density at radius 1 is 1.10 bits per heavy atom. The summed E-state index contributed by atoms with van der Waals surface area (Å²) in [5.74, 6) is 6.16. The molecule has 0 saturated heterocycles. The van der Waals surface area contributed by atoms with Crippen molar-refractivity contribution in [2.75, 3.05) is 0 Å². The van der Waals surface area contributed by atoms with Gasteiger partial charge in [-0.2, -0.15) is 0 Å². The molecule has 0 aliphatic carbocycles. The molecular formula is C15H22N4S. The summed E-state index contributed by atoms with van der Waals surface area (Å²) in [6.45, 7) is 10.6. The SMILES string of the molecule is Cc1cc(C)c(C(NN)c2snnc2C(C)C)cc1C. The molecule has 0 saturated carbocycles. The molecule has 0 aliphatic heterocycles. The maximum absolute atomic E-state index is 5.82. The third-order valence-electron chi connectivity index (χ3n) is 3.71. The Labute approximate surface area is 124 Å². The van der Waals surface area contributed by atoms with Crippen LogP contribution in [0.2, 0.25) is 0 Å². The van der Waals surface area contributed by atoms with Gasteiger partial charge in [0.15, 0.2) is 0 Å². The first-order chi connectivity index (χ1) is 9.45. The van der Waals surface area contributed by atoms with Crippen LogP contribution in [0.25, 0.3) is 0 Å². The predicted molar refractivity (Wildman–Crippen MR) is 83.8 cm³/mol. The summed E-state index contributed by atoms with van der Waals surface area (Å²) in [6.07, 6.45) is 0. The molecule has 108 valence electrons. The average Bonchev–Trinajstić information content (AvgIpc) is 2.85. The fourth-order valence-corrected chi connectivity index (χ4v) is 3.29. The summed E-state index contributed by atoms with van der Waals surface area (Å²) in [4.78, 5) is 1.11. The molecule has 0 radical (unpaired) electrons. The van der Waals surface area contributed by atoms with Gasteiger partial charge in [-0.15, -0.1) is 5.10 Å². The molecule has 1 heterocycles. The number of nitrogens with one attached hydrogen (secondary N) is 1. The zero-order valence-corrected chi connectivity index (χ0v) is 13.5. The van der Waals surface area contributed by atoms with E-state index in [2.05, 4.69) is 61.8 Å². The molecule has 5 heteroatoms. The summed E-state index contributed by atoms with van der Waals surface area (Å²) >= 11 is 1.42. The highest BCUT2D eigenvalue weighted by Crippen LogP contribution is 2.32. The first-order valence-corrected chi connectivity index (χ1v) is 7.59. The maximum Gasteiger partial charge on any atom is 0.0840 e. The summed E-state index contributed by atoms with van der Waals surface area (Å²) in [7, 11) is 0. The fraction of sp³-hybridized carbons (Fsp3) is 0.467. The van der Waals surface area contributed by atoms with Crippen molar-refractivity contribution in [1.82, 2.24) is 15.0 Å². The molecule has 3 N–H and O–H groups in total. The first-order valence-electron chi connectivity index (χ1n) is 6.81. The zero-order chi connectivity index (χ0) is 14.9. The highest BCUT2D eigenvalue weighted by atomic mass is 32.1. The Balaban J connectivity index is 2.53. The average molecular weight is 290 g/mol. The fourth-order valence-electron chi connectivity index (χ4n) is 2.41. The standard InChI is InChI=1S/C15H22N4S/c1-8(2)13-15(20-19-18-13)14(17-16)12-7-10(4)9(3)6-11(12)5/h6-8,14,17H,16H2,1-5H3. The number of hydrogen-bond donors (Lipinski definition) is 2.